The number of rotatable bonds is 2. The largest absolute Gasteiger partial charge is 0.358 e. The van der Waals surface area contributed by atoms with Crippen molar-refractivity contribution in [2.45, 2.75) is 26.4 Å². The minimum Gasteiger partial charge on any atom is -0.358 e. The zero-order valence-corrected chi connectivity index (χ0v) is 14.8. The molecule has 1 aliphatic rings. The zero-order valence-electron chi connectivity index (χ0n) is 13.2. The summed E-state index contributed by atoms with van der Waals surface area (Å²) in [7, 11) is 0. The van der Waals surface area contributed by atoms with Crippen LogP contribution in [0, 0.1) is 6.92 Å². The number of halogens is 2. The fraction of sp³-hybridized carbons (Fsp3) is 0.263. The van der Waals surface area contributed by atoms with Gasteiger partial charge in [-0.15, -0.1) is 24.8 Å². The Kier molecular flexibility index (Phi) is 5.74. The van der Waals surface area contributed by atoms with Crippen molar-refractivity contribution in [3.8, 4) is 0 Å². The van der Waals surface area contributed by atoms with Gasteiger partial charge in [0.05, 0.1) is 0 Å². The average molecular weight is 349 g/mol. The molecule has 0 saturated heterocycles. The van der Waals surface area contributed by atoms with Gasteiger partial charge in [-0.1, -0.05) is 48.5 Å². The van der Waals surface area contributed by atoms with E-state index in [1.54, 1.807) is 0 Å². The third-order valence-corrected chi connectivity index (χ3v) is 4.55. The van der Waals surface area contributed by atoms with Gasteiger partial charge in [0.25, 0.3) is 0 Å². The van der Waals surface area contributed by atoms with Crippen LogP contribution in [0.2, 0.25) is 0 Å². The van der Waals surface area contributed by atoms with Gasteiger partial charge in [0.1, 0.15) is 0 Å². The summed E-state index contributed by atoms with van der Waals surface area (Å²) in [4.78, 5) is 6.19. The molecule has 0 atom stereocenters. The van der Waals surface area contributed by atoms with Crippen molar-refractivity contribution >= 4 is 35.7 Å². The first-order valence-electron chi connectivity index (χ1n) is 7.66. The first kappa shape index (κ1) is 17.9. The maximum Gasteiger partial charge on any atom is 0.0489 e. The summed E-state index contributed by atoms with van der Waals surface area (Å²) in [5.74, 6) is 0. The average Bonchev–Trinajstić information content (AvgIpc) is 2.88. The topological polar surface area (TPSA) is 19.0 Å². The number of aromatic nitrogens is 1. The molecule has 0 radical (unpaired) electrons. The van der Waals surface area contributed by atoms with E-state index in [4.69, 9.17) is 0 Å². The number of hydrogen-bond donors (Lipinski definition) is 1. The van der Waals surface area contributed by atoms with Crippen LogP contribution in [0.5, 0.6) is 0 Å². The van der Waals surface area contributed by atoms with Gasteiger partial charge in [0.2, 0.25) is 0 Å². The van der Waals surface area contributed by atoms with Gasteiger partial charge in [-0.05, 0) is 23.6 Å². The number of nitrogens with one attached hydrogen (secondary N) is 1. The van der Waals surface area contributed by atoms with Crippen molar-refractivity contribution in [3.63, 3.8) is 0 Å². The van der Waals surface area contributed by atoms with E-state index >= 15 is 0 Å². The van der Waals surface area contributed by atoms with Crippen molar-refractivity contribution in [2.24, 2.45) is 0 Å². The number of fused-ring (bicyclic) bond motifs is 3. The van der Waals surface area contributed by atoms with Crippen LogP contribution in [-0.2, 0) is 19.5 Å². The summed E-state index contributed by atoms with van der Waals surface area (Å²) in [6.07, 6.45) is 1.12. The van der Waals surface area contributed by atoms with E-state index in [1.165, 1.54) is 33.3 Å². The normalized spacial score (nSPS) is 14.0. The number of hydrogen-bond acceptors (Lipinski definition) is 1. The summed E-state index contributed by atoms with van der Waals surface area (Å²) >= 11 is 0. The van der Waals surface area contributed by atoms with E-state index in [9.17, 15) is 0 Å². The van der Waals surface area contributed by atoms with Crippen LogP contribution in [-0.4, -0.2) is 16.4 Å². The molecule has 1 N–H and O–H groups in total. The number of aryl methyl sites for hydroxylation is 1. The molecule has 0 unspecified atom stereocenters. The molecule has 122 valence electrons. The zero-order chi connectivity index (χ0) is 14.2. The van der Waals surface area contributed by atoms with Gasteiger partial charge in [0, 0.05) is 42.7 Å². The number of aromatic amines is 1. The van der Waals surface area contributed by atoms with Gasteiger partial charge in [-0.2, -0.15) is 0 Å². The molecular formula is C19H22Cl2N2. The molecule has 0 aliphatic carbocycles. The molecule has 2 nitrogen and oxygen atoms in total. The molecule has 0 saturated carbocycles. The van der Waals surface area contributed by atoms with E-state index in [1.807, 2.05) is 0 Å². The Labute approximate surface area is 149 Å². The summed E-state index contributed by atoms with van der Waals surface area (Å²) < 4.78 is 0. The summed E-state index contributed by atoms with van der Waals surface area (Å²) in [5, 5.41) is 1.41. The van der Waals surface area contributed by atoms with Crippen LogP contribution in [0.4, 0.5) is 0 Å². The van der Waals surface area contributed by atoms with Crippen LogP contribution in [0.1, 0.15) is 22.4 Å². The molecule has 1 aromatic heterocycles. The third kappa shape index (κ3) is 3.40. The molecule has 23 heavy (non-hydrogen) atoms. The minimum atomic E-state index is 0. The maximum atomic E-state index is 3.64. The van der Waals surface area contributed by atoms with Crippen molar-refractivity contribution in [1.82, 2.24) is 9.88 Å². The van der Waals surface area contributed by atoms with Crippen LogP contribution in [0.15, 0.2) is 48.5 Å². The van der Waals surface area contributed by atoms with E-state index in [0.717, 1.165) is 26.1 Å². The molecule has 4 heteroatoms. The van der Waals surface area contributed by atoms with Crippen LogP contribution < -0.4 is 0 Å². The summed E-state index contributed by atoms with van der Waals surface area (Å²) in [6, 6.07) is 17.4. The lowest BCUT2D eigenvalue weighted by molar-refractivity contribution is 0.245. The lowest BCUT2D eigenvalue weighted by Crippen LogP contribution is -2.29. The highest BCUT2D eigenvalue weighted by Crippen LogP contribution is 2.29. The Hall–Kier alpha value is -1.48. The maximum absolute atomic E-state index is 3.64. The van der Waals surface area contributed by atoms with Crippen LogP contribution >= 0.6 is 24.8 Å². The van der Waals surface area contributed by atoms with E-state index < -0.39 is 0 Å². The van der Waals surface area contributed by atoms with E-state index in [-0.39, 0.29) is 24.8 Å². The van der Waals surface area contributed by atoms with Gasteiger partial charge >= 0.3 is 0 Å². The quantitative estimate of drug-likeness (QED) is 0.699. The Morgan fingerprint density at radius 2 is 1.78 bits per heavy atom. The van der Waals surface area contributed by atoms with Crippen molar-refractivity contribution in [3.05, 3.63) is 70.9 Å². The monoisotopic (exact) mass is 348 g/mol. The summed E-state index contributed by atoms with van der Waals surface area (Å²) in [6.45, 7) is 5.41. The highest BCUT2D eigenvalue weighted by atomic mass is 35.5. The fourth-order valence-corrected chi connectivity index (χ4v) is 3.42. The first-order valence-corrected chi connectivity index (χ1v) is 7.66. The number of para-hydroxylation sites is 1. The van der Waals surface area contributed by atoms with E-state index in [2.05, 4.69) is 65.3 Å². The molecule has 1 aliphatic heterocycles. The molecule has 2 heterocycles. The summed E-state index contributed by atoms with van der Waals surface area (Å²) in [5.41, 5.74) is 7.00. The minimum absolute atomic E-state index is 0. The van der Waals surface area contributed by atoms with Crippen molar-refractivity contribution in [2.75, 3.05) is 6.54 Å². The van der Waals surface area contributed by atoms with Gasteiger partial charge < -0.3 is 4.98 Å². The molecule has 0 fully saturated rings. The molecule has 0 spiro atoms. The Bertz CT molecular complexity index is 781. The SMILES string of the molecule is Cc1cccc2c3c([nH]c12)CCN(Cc1ccccc1)C3.Cl.Cl. The number of H-pyrrole nitrogens is 1. The molecular weight excluding hydrogens is 327 g/mol. The highest BCUT2D eigenvalue weighted by Gasteiger charge is 2.20. The lowest BCUT2D eigenvalue weighted by Gasteiger charge is -2.27. The van der Waals surface area contributed by atoms with Crippen LogP contribution in [0.3, 0.4) is 0 Å². The first-order chi connectivity index (χ1) is 10.3. The van der Waals surface area contributed by atoms with Gasteiger partial charge in [-0.3, -0.25) is 4.90 Å². The molecule has 2 aromatic carbocycles. The molecule has 3 aromatic rings. The number of benzene rings is 2. The predicted molar refractivity (Wildman–Crippen MR) is 102 cm³/mol. The van der Waals surface area contributed by atoms with Crippen LogP contribution in [0.25, 0.3) is 10.9 Å². The molecule has 4 rings (SSSR count). The Morgan fingerprint density at radius 3 is 2.57 bits per heavy atom. The Balaban J connectivity index is 0.000000960. The smallest absolute Gasteiger partial charge is 0.0489 e. The second-order valence-electron chi connectivity index (χ2n) is 6.03. The second-order valence-corrected chi connectivity index (χ2v) is 6.03. The standard InChI is InChI=1S/C19H20N2.2ClH/c1-14-6-5-9-16-17-13-21(11-10-18(17)20-19(14)16)12-15-7-3-2-4-8-15;;/h2-9,20H,10-13H2,1H3;2*1H. The van der Waals surface area contributed by atoms with Crippen molar-refractivity contribution < 1.29 is 0 Å². The Morgan fingerprint density at radius 1 is 1.00 bits per heavy atom. The molecule has 0 amide bonds. The van der Waals surface area contributed by atoms with Gasteiger partial charge in [0.15, 0.2) is 0 Å². The molecule has 0 bridgehead atoms. The van der Waals surface area contributed by atoms with E-state index in [0.29, 0.717) is 0 Å². The fourth-order valence-electron chi connectivity index (χ4n) is 3.42. The lowest BCUT2D eigenvalue weighted by atomic mass is 10.0. The number of nitrogens with zero attached hydrogens (tertiary/aromatic N) is 1. The van der Waals surface area contributed by atoms with Gasteiger partial charge in [-0.25, -0.2) is 0 Å². The predicted octanol–water partition coefficient (Wildman–Crippen LogP) is 4.88. The highest BCUT2D eigenvalue weighted by molar-refractivity contribution is 5.87. The second kappa shape index (κ2) is 7.39. The third-order valence-electron chi connectivity index (χ3n) is 4.55. The van der Waals surface area contributed by atoms with Crippen molar-refractivity contribution in [1.29, 1.82) is 0 Å².